The highest BCUT2D eigenvalue weighted by Gasteiger charge is 2.19. The zero-order chi connectivity index (χ0) is 24.4. The maximum absolute atomic E-state index is 12.5. The number of methoxy groups -OCH3 is 1. The van der Waals surface area contributed by atoms with Crippen LogP contribution >= 0.6 is 11.3 Å². The van der Waals surface area contributed by atoms with Gasteiger partial charge in [-0.3, -0.25) is 0 Å². The van der Waals surface area contributed by atoms with Crippen LogP contribution in [0.5, 0.6) is 5.75 Å². The molecular formula is C23H28N4O5S2. The molecule has 0 saturated heterocycles. The van der Waals surface area contributed by atoms with E-state index in [9.17, 15) is 13.2 Å². The molecule has 4 N–H and O–H groups in total. The molecule has 0 fully saturated rings. The molecule has 0 spiro atoms. The maximum atomic E-state index is 12.5. The first-order chi connectivity index (χ1) is 16.3. The number of nitrogens with one attached hydrogen (secondary N) is 2. The summed E-state index contributed by atoms with van der Waals surface area (Å²) in [7, 11) is -2.11. The van der Waals surface area contributed by atoms with Gasteiger partial charge < -0.3 is 14.8 Å². The molecule has 1 unspecified atom stereocenters. The van der Waals surface area contributed by atoms with Crippen molar-refractivity contribution < 1.29 is 22.7 Å². The first-order valence-electron chi connectivity index (χ1n) is 10.7. The molecule has 9 nitrogen and oxygen atoms in total. The highest BCUT2D eigenvalue weighted by Crippen LogP contribution is 2.30. The molecule has 1 atom stereocenters. The van der Waals surface area contributed by atoms with Gasteiger partial charge in [0.2, 0.25) is 0 Å². The molecule has 0 aliphatic rings. The van der Waals surface area contributed by atoms with E-state index in [1.54, 1.807) is 7.11 Å². The topological polar surface area (TPSA) is 133 Å². The van der Waals surface area contributed by atoms with E-state index in [4.69, 9.17) is 19.6 Å². The molecule has 0 aliphatic heterocycles. The zero-order valence-corrected chi connectivity index (χ0v) is 20.4. The normalized spacial score (nSPS) is 12.2. The lowest BCUT2D eigenvalue weighted by Crippen LogP contribution is -2.32. The van der Waals surface area contributed by atoms with Gasteiger partial charge in [-0.25, -0.2) is 19.6 Å². The number of unbranched alkanes of at least 4 members (excludes halogenated alkanes) is 1. The highest BCUT2D eigenvalue weighted by atomic mass is 32.2. The van der Waals surface area contributed by atoms with E-state index in [0.717, 1.165) is 21.9 Å². The molecule has 11 heteroatoms. The number of ether oxygens (including phenoxy) is 2. The van der Waals surface area contributed by atoms with E-state index in [1.165, 1.54) is 11.3 Å². The van der Waals surface area contributed by atoms with Crippen molar-refractivity contribution in [2.45, 2.75) is 31.9 Å². The lowest BCUT2D eigenvalue weighted by molar-refractivity contribution is 0.134. The lowest BCUT2D eigenvalue weighted by Gasteiger charge is -2.17. The second-order valence-electron chi connectivity index (χ2n) is 7.50. The Morgan fingerprint density at radius 2 is 1.94 bits per heavy atom. The minimum Gasteiger partial charge on any atom is -0.497 e. The number of carbonyl (C=O) groups excluding carboxylic acids is 1. The van der Waals surface area contributed by atoms with E-state index in [2.05, 4.69) is 10.0 Å². The number of hydrogen-bond acceptors (Lipinski definition) is 7. The van der Waals surface area contributed by atoms with Gasteiger partial charge in [-0.15, -0.1) is 11.3 Å². The number of nitrogens with zero attached hydrogens (tertiary/aromatic N) is 1. The largest absolute Gasteiger partial charge is 0.497 e. The minimum absolute atomic E-state index is 0.157. The van der Waals surface area contributed by atoms with Crippen molar-refractivity contribution in [1.29, 1.82) is 0 Å². The predicted molar refractivity (Wildman–Crippen MR) is 132 cm³/mol. The van der Waals surface area contributed by atoms with Crippen LogP contribution in [0.2, 0.25) is 0 Å². The molecule has 0 bridgehead atoms. The van der Waals surface area contributed by atoms with Crippen molar-refractivity contribution in [1.82, 2.24) is 15.0 Å². The summed E-state index contributed by atoms with van der Waals surface area (Å²) in [5.41, 5.74) is 2.51. The van der Waals surface area contributed by atoms with Gasteiger partial charge in [0.25, 0.3) is 10.2 Å². The summed E-state index contributed by atoms with van der Waals surface area (Å²) in [5, 5.41) is 10.6. The summed E-state index contributed by atoms with van der Waals surface area (Å²) in [6.45, 7) is 0.375. The van der Waals surface area contributed by atoms with E-state index < -0.39 is 22.3 Å². The summed E-state index contributed by atoms with van der Waals surface area (Å²) >= 11 is 1.47. The fraction of sp³-hybridized carbons (Fsp3) is 0.304. The van der Waals surface area contributed by atoms with Crippen molar-refractivity contribution >= 4 is 27.6 Å². The van der Waals surface area contributed by atoms with Crippen molar-refractivity contribution in [2.75, 3.05) is 13.7 Å². The summed E-state index contributed by atoms with van der Waals surface area (Å²) in [6, 6.07) is 16.6. The number of hydrogen-bond donors (Lipinski definition) is 3. The predicted octanol–water partition coefficient (Wildman–Crippen LogP) is 3.75. The monoisotopic (exact) mass is 504 g/mol. The number of benzene rings is 2. The van der Waals surface area contributed by atoms with Gasteiger partial charge in [-0.2, -0.15) is 8.42 Å². The summed E-state index contributed by atoms with van der Waals surface area (Å²) in [5.74, 6) is 0.732. The van der Waals surface area contributed by atoms with Gasteiger partial charge in [0, 0.05) is 17.5 Å². The van der Waals surface area contributed by atoms with Crippen LogP contribution in [0, 0.1) is 0 Å². The van der Waals surface area contributed by atoms with Crippen molar-refractivity contribution in [3.05, 3.63) is 71.2 Å². The lowest BCUT2D eigenvalue weighted by atomic mass is 10.1. The van der Waals surface area contributed by atoms with E-state index in [1.807, 2.05) is 60.0 Å². The van der Waals surface area contributed by atoms with Gasteiger partial charge in [0.05, 0.1) is 18.8 Å². The fourth-order valence-corrected chi connectivity index (χ4v) is 4.52. The fourth-order valence-electron chi connectivity index (χ4n) is 3.22. The number of amides is 1. The Labute approximate surface area is 203 Å². The van der Waals surface area contributed by atoms with Crippen LogP contribution in [-0.4, -0.2) is 33.1 Å². The molecule has 0 aliphatic carbocycles. The molecule has 2 aromatic carbocycles. The second-order valence-corrected chi connectivity index (χ2v) is 9.74. The third kappa shape index (κ3) is 8.41. The van der Waals surface area contributed by atoms with Crippen LogP contribution in [0.15, 0.2) is 60.0 Å². The number of alkyl carbamates (subject to hydrolysis) is 1. The molecule has 1 heterocycles. The van der Waals surface area contributed by atoms with E-state index >= 15 is 0 Å². The molecule has 0 radical (unpaired) electrons. The van der Waals surface area contributed by atoms with Crippen molar-refractivity contribution in [3.63, 3.8) is 0 Å². The Morgan fingerprint density at radius 1 is 1.15 bits per heavy atom. The Hall–Kier alpha value is -2.99. The van der Waals surface area contributed by atoms with Crippen LogP contribution in [-0.2, 0) is 21.6 Å². The summed E-state index contributed by atoms with van der Waals surface area (Å²) in [4.78, 5) is 17.2. The van der Waals surface area contributed by atoms with Crippen molar-refractivity contribution in [3.8, 4) is 16.3 Å². The number of carbonyl (C=O) groups is 1. The first kappa shape index (κ1) is 25.6. The molecule has 0 saturated carbocycles. The molecule has 1 amide bonds. The maximum Gasteiger partial charge on any atom is 0.408 e. The first-order valence-corrected chi connectivity index (χ1v) is 13.1. The number of aromatic nitrogens is 1. The standard InChI is InChI=1S/C23H28N4O5S2/c1-31-19-11-7-10-18(14-19)22-26-21(16-33-22)20(12-5-6-13-25-34(24,29)30)27-23(28)32-15-17-8-3-2-4-9-17/h2-4,7-11,14,16,20,25H,5-6,12-13,15H2,1H3,(H,27,28)(H2,24,29,30). The minimum atomic E-state index is -3.72. The molecule has 3 aromatic rings. The van der Waals surface area contributed by atoms with Gasteiger partial charge in [-0.1, -0.05) is 42.5 Å². The third-order valence-corrected chi connectivity index (χ3v) is 6.44. The number of rotatable bonds is 12. The summed E-state index contributed by atoms with van der Waals surface area (Å²) in [6.07, 6.45) is 1.19. The Kier molecular flexibility index (Phi) is 9.40. The van der Waals surface area contributed by atoms with Crippen LogP contribution in [0.25, 0.3) is 10.6 Å². The SMILES string of the molecule is COc1cccc(-c2nc(C(CCCCNS(N)(=O)=O)NC(=O)OCc3ccccc3)cs2)c1. The smallest absolute Gasteiger partial charge is 0.408 e. The van der Waals surface area contributed by atoms with Crippen LogP contribution in [0.1, 0.15) is 36.6 Å². The summed E-state index contributed by atoms with van der Waals surface area (Å²) < 4.78 is 35.0. The van der Waals surface area contributed by atoms with E-state index in [-0.39, 0.29) is 13.2 Å². The molecular weight excluding hydrogens is 476 g/mol. The van der Waals surface area contributed by atoms with Crippen molar-refractivity contribution in [2.24, 2.45) is 5.14 Å². The Bertz CT molecular complexity index is 1170. The Balaban J connectivity index is 1.66. The third-order valence-electron chi connectivity index (χ3n) is 4.92. The molecule has 34 heavy (non-hydrogen) atoms. The molecule has 182 valence electrons. The zero-order valence-electron chi connectivity index (χ0n) is 18.8. The van der Waals surface area contributed by atoms with Gasteiger partial charge >= 0.3 is 6.09 Å². The van der Waals surface area contributed by atoms with E-state index in [0.29, 0.717) is 25.0 Å². The molecule has 3 rings (SSSR count). The number of nitrogens with two attached hydrogens (primary N) is 1. The second kappa shape index (κ2) is 12.5. The quantitative estimate of drug-likeness (QED) is 0.322. The van der Waals surface area contributed by atoms with Gasteiger partial charge in [-0.05, 0) is 37.0 Å². The van der Waals surface area contributed by atoms with Gasteiger partial charge in [0.15, 0.2) is 0 Å². The number of thiazole rings is 1. The van der Waals surface area contributed by atoms with Crippen LogP contribution < -0.4 is 19.9 Å². The highest BCUT2D eigenvalue weighted by molar-refractivity contribution is 7.87. The molecule has 1 aromatic heterocycles. The van der Waals surface area contributed by atoms with Crippen LogP contribution in [0.4, 0.5) is 4.79 Å². The van der Waals surface area contributed by atoms with Crippen LogP contribution in [0.3, 0.4) is 0 Å². The van der Waals surface area contributed by atoms with Gasteiger partial charge in [0.1, 0.15) is 17.4 Å². The average molecular weight is 505 g/mol. The average Bonchev–Trinajstić information content (AvgIpc) is 3.32. The Morgan fingerprint density at radius 3 is 2.68 bits per heavy atom.